The number of hydrogen-bond donors (Lipinski definition) is 0. The molecule has 0 aliphatic rings. The van der Waals surface area contributed by atoms with Crippen molar-refractivity contribution in [1.82, 2.24) is 29.1 Å². The Kier molecular flexibility index (Phi) is 17.2. The van der Waals surface area contributed by atoms with Gasteiger partial charge in [0.15, 0.2) is 0 Å². The molecular weight excluding hydrogens is 1500 g/mol. The van der Waals surface area contributed by atoms with E-state index in [0.717, 1.165) is 117 Å². The minimum atomic E-state index is 0.857. The fourth-order valence-corrected chi connectivity index (χ4v) is 19.2. The van der Waals surface area contributed by atoms with Gasteiger partial charge in [-0.3, -0.25) is 0 Å². The molecule has 6 heteroatoms. The average molecular weight is 1580 g/mol. The molecule has 124 heavy (non-hydrogen) atoms. The lowest BCUT2D eigenvalue weighted by Gasteiger charge is -2.15. The summed E-state index contributed by atoms with van der Waals surface area (Å²) in [5.41, 5.74) is 29.9. The van der Waals surface area contributed by atoms with Gasteiger partial charge in [-0.15, -0.1) is 0 Å². The van der Waals surface area contributed by atoms with Crippen LogP contribution in [-0.2, 0) is 0 Å². The number of para-hydroxylation sites is 4. The first-order chi connectivity index (χ1) is 61.5. The molecule has 576 valence electrons. The number of hydrogen-bond acceptors (Lipinski definition) is 4. The monoisotopic (exact) mass is 1570 g/mol. The van der Waals surface area contributed by atoms with Gasteiger partial charge in [0.25, 0.3) is 0 Å². The highest BCUT2D eigenvalue weighted by molar-refractivity contribution is 6.30. The molecule has 25 rings (SSSR count). The van der Waals surface area contributed by atoms with Gasteiger partial charge in [0.05, 0.1) is 66.9 Å². The largest absolute Gasteiger partial charge is 0.309 e. The summed E-state index contributed by atoms with van der Waals surface area (Å²) in [6.45, 7) is 0. The summed E-state index contributed by atoms with van der Waals surface area (Å²) < 4.78 is 4.88. The highest BCUT2D eigenvalue weighted by atomic mass is 15.0. The lowest BCUT2D eigenvalue weighted by molar-refractivity contribution is 1.19. The second-order valence-corrected chi connectivity index (χ2v) is 32.3. The molecule has 0 N–H and O–H groups in total. The van der Waals surface area contributed by atoms with Gasteiger partial charge >= 0.3 is 0 Å². The molecular formula is C118H74N6. The molecule has 0 bridgehead atoms. The zero-order chi connectivity index (χ0) is 81.7. The van der Waals surface area contributed by atoms with Crippen molar-refractivity contribution in [2.75, 3.05) is 0 Å². The second-order valence-electron chi connectivity index (χ2n) is 32.3. The molecule has 25 aromatic rings. The summed E-state index contributed by atoms with van der Waals surface area (Å²) in [6.07, 6.45) is 0. The van der Waals surface area contributed by atoms with Crippen LogP contribution in [0.4, 0.5) is 0 Å². The van der Waals surface area contributed by atoms with Crippen LogP contribution in [0.3, 0.4) is 0 Å². The van der Waals surface area contributed by atoms with Crippen LogP contribution < -0.4 is 0 Å². The van der Waals surface area contributed by atoms with Crippen molar-refractivity contribution in [3.63, 3.8) is 0 Å². The first kappa shape index (κ1) is 71.6. The van der Waals surface area contributed by atoms with Gasteiger partial charge in [-0.25, -0.2) is 19.9 Å². The van der Waals surface area contributed by atoms with Crippen molar-refractivity contribution in [3.05, 3.63) is 449 Å². The van der Waals surface area contributed by atoms with Crippen molar-refractivity contribution in [1.29, 1.82) is 0 Å². The van der Waals surface area contributed by atoms with E-state index in [2.05, 4.69) is 428 Å². The minimum absolute atomic E-state index is 0.857. The van der Waals surface area contributed by atoms with E-state index in [4.69, 9.17) is 19.9 Å². The van der Waals surface area contributed by atoms with E-state index in [1.165, 1.54) is 126 Å². The number of fused-ring (bicyclic) bond motifs is 18. The van der Waals surface area contributed by atoms with Crippen LogP contribution in [0.1, 0.15) is 0 Å². The van der Waals surface area contributed by atoms with Crippen molar-refractivity contribution < 1.29 is 0 Å². The first-order valence-corrected chi connectivity index (χ1v) is 42.4. The minimum Gasteiger partial charge on any atom is -0.309 e. The SMILES string of the molecule is c1ccc(-c2cc(-c3ccccc3)cc(-c3ccc(-c4nc5ccccc5nc4-c4cccc5cc(-n6c7ccc8ccccc8c7c7c8ccccc8ccc76)ccc45)cc3)c2)cc1.c1ccc(-c2cccc(-c3ccc(-c4nc5ccccc5nc4-c4cccc5cc(-n6c7ccc8ccccc8c7c7c8ccccc8ccc76)ccc45)cc3)c2)cc1. The lowest BCUT2D eigenvalue weighted by atomic mass is 9.92. The van der Waals surface area contributed by atoms with Gasteiger partial charge in [0.2, 0.25) is 0 Å². The fraction of sp³-hybridized carbons (Fsp3) is 0. The lowest BCUT2D eigenvalue weighted by Crippen LogP contribution is -1.97. The van der Waals surface area contributed by atoms with Gasteiger partial charge in [-0.1, -0.05) is 352 Å². The maximum Gasteiger partial charge on any atom is 0.0979 e. The Morgan fingerprint density at radius 1 is 0.145 bits per heavy atom. The molecule has 0 spiro atoms. The molecule has 6 nitrogen and oxygen atoms in total. The van der Waals surface area contributed by atoms with Crippen LogP contribution in [-0.4, -0.2) is 29.1 Å². The van der Waals surface area contributed by atoms with Crippen molar-refractivity contribution >= 4 is 130 Å². The van der Waals surface area contributed by atoms with Crippen molar-refractivity contribution in [2.45, 2.75) is 0 Å². The predicted molar refractivity (Wildman–Crippen MR) is 522 cm³/mol. The second kappa shape index (κ2) is 29.8. The third-order valence-corrected chi connectivity index (χ3v) is 25.1. The zero-order valence-corrected chi connectivity index (χ0v) is 67.4. The summed E-state index contributed by atoms with van der Waals surface area (Å²) in [5, 5.41) is 19.7. The summed E-state index contributed by atoms with van der Waals surface area (Å²) in [6, 6.07) is 161. The first-order valence-electron chi connectivity index (χ1n) is 42.4. The van der Waals surface area contributed by atoms with E-state index < -0.39 is 0 Å². The topological polar surface area (TPSA) is 61.4 Å². The van der Waals surface area contributed by atoms with E-state index in [1.54, 1.807) is 0 Å². The average Bonchev–Trinajstić information content (AvgIpc) is 1.54. The molecule has 4 heterocycles. The normalized spacial score (nSPS) is 11.7. The number of rotatable bonds is 11. The Bertz CT molecular complexity index is 8340. The molecule has 0 saturated carbocycles. The van der Waals surface area contributed by atoms with Gasteiger partial charge in [0.1, 0.15) is 0 Å². The van der Waals surface area contributed by atoms with Crippen LogP contribution in [0.5, 0.6) is 0 Å². The summed E-state index contributed by atoms with van der Waals surface area (Å²) in [7, 11) is 0. The number of benzene rings is 21. The number of nitrogens with zero attached hydrogens (tertiary/aromatic N) is 6. The molecule has 0 fully saturated rings. The smallest absolute Gasteiger partial charge is 0.0979 e. The Morgan fingerprint density at radius 2 is 0.403 bits per heavy atom. The zero-order valence-electron chi connectivity index (χ0n) is 67.4. The Balaban J connectivity index is 0.000000140. The summed E-state index contributed by atoms with van der Waals surface area (Å²) in [4.78, 5) is 21.4. The summed E-state index contributed by atoms with van der Waals surface area (Å²) in [5.74, 6) is 0. The summed E-state index contributed by atoms with van der Waals surface area (Å²) >= 11 is 0. The molecule has 21 aromatic carbocycles. The van der Waals surface area contributed by atoms with Crippen LogP contribution in [0, 0.1) is 0 Å². The van der Waals surface area contributed by atoms with Crippen LogP contribution >= 0.6 is 0 Å². The third kappa shape index (κ3) is 12.3. The fourth-order valence-electron chi connectivity index (χ4n) is 19.2. The quantitative estimate of drug-likeness (QED) is 0.129. The molecule has 0 saturated heterocycles. The maximum atomic E-state index is 5.39. The van der Waals surface area contributed by atoms with E-state index in [9.17, 15) is 0 Å². The van der Waals surface area contributed by atoms with E-state index >= 15 is 0 Å². The predicted octanol–water partition coefficient (Wildman–Crippen LogP) is 31.4. The van der Waals surface area contributed by atoms with E-state index in [-0.39, 0.29) is 0 Å². The maximum absolute atomic E-state index is 5.39. The van der Waals surface area contributed by atoms with E-state index in [0.29, 0.717) is 0 Å². The molecule has 0 unspecified atom stereocenters. The van der Waals surface area contributed by atoms with Gasteiger partial charge in [-0.05, 0) is 217 Å². The molecule has 0 amide bonds. The highest BCUT2D eigenvalue weighted by Crippen LogP contribution is 2.47. The molecule has 0 aliphatic heterocycles. The van der Waals surface area contributed by atoms with Crippen molar-refractivity contribution in [3.8, 4) is 112 Å². The third-order valence-electron chi connectivity index (χ3n) is 25.1. The van der Waals surface area contributed by atoms with E-state index in [1.807, 2.05) is 30.3 Å². The van der Waals surface area contributed by atoms with Gasteiger partial charge in [-0.2, -0.15) is 0 Å². The Labute approximate surface area is 715 Å². The Hall–Kier alpha value is -16.5. The van der Waals surface area contributed by atoms with Crippen LogP contribution in [0.25, 0.3) is 242 Å². The standard InChI is InChI=1S/C62H39N3.C56H35N3/c1-3-14-40(15-4-1)47-36-48(41-16-5-2-6-17-41)38-49(37-47)42-26-28-45(29-27-42)61-62(64-56-25-12-11-24-55(56)63-61)54-23-13-20-46-39-50(32-33-51(46)54)65-57-34-30-43-18-7-9-21-52(43)59(57)60-53-22-10-8-19-44(53)31-35-58(60)65;1-2-12-36(13-3-1)41-16-10-17-42(34-41)37-24-26-40(27-25-37)55-56(58-50-23-9-8-22-49(50)57-55)48-21-11-18-43-35-44(30-31-45(43)48)59-51-32-28-38-14-4-6-19-46(38)53(51)54-47-20-7-5-15-39(47)29-33-52(54)59/h1-39H;1-35H. The van der Waals surface area contributed by atoms with Crippen LogP contribution in [0.15, 0.2) is 449 Å². The van der Waals surface area contributed by atoms with Gasteiger partial charge < -0.3 is 9.13 Å². The van der Waals surface area contributed by atoms with Crippen molar-refractivity contribution in [2.24, 2.45) is 0 Å². The van der Waals surface area contributed by atoms with Crippen LogP contribution in [0.2, 0.25) is 0 Å². The van der Waals surface area contributed by atoms with Gasteiger partial charge in [0, 0.05) is 55.2 Å². The Morgan fingerprint density at radius 3 is 0.758 bits per heavy atom. The molecule has 4 aromatic heterocycles. The molecule has 0 radical (unpaired) electrons. The molecule has 0 atom stereocenters. The highest BCUT2D eigenvalue weighted by Gasteiger charge is 2.24. The molecule has 0 aliphatic carbocycles. The number of aromatic nitrogens is 6.